The predicted octanol–water partition coefficient (Wildman–Crippen LogP) is 0.915. The number of anilines is 1. The summed E-state index contributed by atoms with van der Waals surface area (Å²) in [6.45, 7) is 4.54. The number of benzene rings is 1. The summed E-state index contributed by atoms with van der Waals surface area (Å²) in [6.07, 6.45) is 0.597. The van der Waals surface area contributed by atoms with Gasteiger partial charge in [0, 0.05) is 18.8 Å². The van der Waals surface area contributed by atoms with Crippen molar-refractivity contribution in [2.24, 2.45) is 11.1 Å². The number of hydrogen-bond donors (Lipinski definition) is 2. The average Bonchev–Trinajstić information content (AvgIpc) is 2.73. The lowest BCUT2D eigenvalue weighted by Gasteiger charge is -2.22. The van der Waals surface area contributed by atoms with Crippen molar-refractivity contribution in [3.8, 4) is 0 Å². The molecular formula is C14H19N3O2. The van der Waals surface area contributed by atoms with Gasteiger partial charge in [-0.25, -0.2) is 0 Å². The minimum atomic E-state index is -0.632. The quantitative estimate of drug-likeness (QED) is 0.775. The third kappa shape index (κ3) is 2.28. The lowest BCUT2D eigenvalue weighted by atomic mass is 9.89. The standard InChI is InChI=1S/C14H19N3O2/c1-9-4-3-5-10(15)11(9)12(18)17-7-6-14(2,8-17)13(16)19/h3-5H,6-8,15H2,1-2H3,(H2,16,19). The third-order valence-electron chi connectivity index (χ3n) is 3.87. The number of nitrogen functional groups attached to an aromatic ring is 1. The highest BCUT2D eigenvalue weighted by atomic mass is 16.2. The predicted molar refractivity (Wildman–Crippen MR) is 73.4 cm³/mol. The molecule has 1 fully saturated rings. The second kappa shape index (κ2) is 4.57. The fourth-order valence-electron chi connectivity index (χ4n) is 2.48. The third-order valence-corrected chi connectivity index (χ3v) is 3.87. The molecule has 1 aromatic rings. The molecule has 2 rings (SSSR count). The van der Waals surface area contributed by atoms with Crippen LogP contribution >= 0.6 is 0 Å². The van der Waals surface area contributed by atoms with Crippen molar-refractivity contribution in [2.75, 3.05) is 18.8 Å². The molecule has 0 aliphatic carbocycles. The summed E-state index contributed by atoms with van der Waals surface area (Å²) in [5.41, 5.74) is 12.5. The number of primary amides is 1. The first-order chi connectivity index (χ1) is 8.85. The molecule has 19 heavy (non-hydrogen) atoms. The van der Waals surface area contributed by atoms with E-state index in [1.165, 1.54) is 0 Å². The number of carbonyl (C=O) groups excluding carboxylic acids is 2. The Morgan fingerprint density at radius 3 is 2.58 bits per heavy atom. The van der Waals surface area contributed by atoms with E-state index in [1.807, 2.05) is 19.1 Å². The normalized spacial score (nSPS) is 22.5. The van der Waals surface area contributed by atoms with Crippen LogP contribution in [-0.2, 0) is 4.79 Å². The first kappa shape index (κ1) is 13.4. The minimum Gasteiger partial charge on any atom is -0.398 e. The summed E-state index contributed by atoms with van der Waals surface area (Å²) in [7, 11) is 0. The van der Waals surface area contributed by atoms with E-state index in [1.54, 1.807) is 17.9 Å². The van der Waals surface area contributed by atoms with Crippen LogP contribution in [0.5, 0.6) is 0 Å². The Labute approximate surface area is 112 Å². The Morgan fingerprint density at radius 2 is 2.05 bits per heavy atom. The fraction of sp³-hybridized carbons (Fsp3) is 0.429. The molecule has 1 aliphatic rings. The summed E-state index contributed by atoms with van der Waals surface area (Å²) >= 11 is 0. The summed E-state index contributed by atoms with van der Waals surface area (Å²) < 4.78 is 0. The SMILES string of the molecule is Cc1cccc(N)c1C(=O)N1CCC(C)(C(N)=O)C1. The van der Waals surface area contributed by atoms with E-state index in [9.17, 15) is 9.59 Å². The lowest BCUT2D eigenvalue weighted by Crippen LogP contribution is -2.39. The number of hydrogen-bond acceptors (Lipinski definition) is 3. The second-order valence-electron chi connectivity index (χ2n) is 5.44. The van der Waals surface area contributed by atoms with E-state index in [0.29, 0.717) is 30.8 Å². The number of aryl methyl sites for hydroxylation is 1. The summed E-state index contributed by atoms with van der Waals surface area (Å²) in [4.78, 5) is 25.6. The van der Waals surface area contributed by atoms with Gasteiger partial charge in [-0.3, -0.25) is 9.59 Å². The highest BCUT2D eigenvalue weighted by Crippen LogP contribution is 2.31. The Kier molecular flexibility index (Phi) is 3.22. The lowest BCUT2D eigenvalue weighted by molar-refractivity contribution is -0.126. The van der Waals surface area contributed by atoms with Crippen molar-refractivity contribution in [1.29, 1.82) is 0 Å². The molecule has 1 heterocycles. The molecule has 5 heteroatoms. The summed E-state index contributed by atoms with van der Waals surface area (Å²) in [6, 6.07) is 5.38. The highest BCUT2D eigenvalue weighted by Gasteiger charge is 2.41. The van der Waals surface area contributed by atoms with E-state index in [2.05, 4.69) is 0 Å². The maximum atomic E-state index is 12.5. The zero-order valence-corrected chi connectivity index (χ0v) is 11.3. The zero-order chi connectivity index (χ0) is 14.2. The number of nitrogens with two attached hydrogens (primary N) is 2. The second-order valence-corrected chi connectivity index (χ2v) is 5.44. The zero-order valence-electron chi connectivity index (χ0n) is 11.3. The van der Waals surface area contributed by atoms with Crippen LogP contribution in [0.3, 0.4) is 0 Å². The smallest absolute Gasteiger partial charge is 0.256 e. The topological polar surface area (TPSA) is 89.4 Å². The van der Waals surface area contributed by atoms with E-state index in [-0.39, 0.29) is 11.8 Å². The maximum absolute atomic E-state index is 12.5. The van der Waals surface area contributed by atoms with Gasteiger partial charge in [0.1, 0.15) is 0 Å². The molecule has 0 radical (unpaired) electrons. The first-order valence-corrected chi connectivity index (χ1v) is 6.29. The minimum absolute atomic E-state index is 0.124. The van der Waals surface area contributed by atoms with Gasteiger partial charge in [0.25, 0.3) is 5.91 Å². The summed E-state index contributed by atoms with van der Waals surface area (Å²) in [5.74, 6) is -0.485. The van der Waals surface area contributed by atoms with Crippen LogP contribution in [0.2, 0.25) is 0 Å². The molecule has 1 saturated heterocycles. The Bertz CT molecular complexity index is 521. The van der Waals surface area contributed by atoms with Gasteiger partial charge in [0.15, 0.2) is 0 Å². The fourth-order valence-corrected chi connectivity index (χ4v) is 2.48. The van der Waals surface area contributed by atoms with Crippen LogP contribution in [-0.4, -0.2) is 29.8 Å². The molecule has 0 spiro atoms. The average molecular weight is 261 g/mol. The van der Waals surface area contributed by atoms with E-state index >= 15 is 0 Å². The van der Waals surface area contributed by atoms with Crippen LogP contribution in [0.4, 0.5) is 5.69 Å². The molecule has 0 saturated carbocycles. The van der Waals surface area contributed by atoms with Crippen molar-refractivity contribution in [1.82, 2.24) is 4.90 Å². The Morgan fingerprint density at radius 1 is 1.37 bits per heavy atom. The number of nitrogens with zero attached hydrogens (tertiary/aromatic N) is 1. The van der Waals surface area contributed by atoms with Gasteiger partial charge < -0.3 is 16.4 Å². The molecule has 5 nitrogen and oxygen atoms in total. The van der Waals surface area contributed by atoms with E-state index in [4.69, 9.17) is 11.5 Å². The van der Waals surface area contributed by atoms with Crippen LogP contribution in [0.15, 0.2) is 18.2 Å². The van der Waals surface area contributed by atoms with Crippen LogP contribution < -0.4 is 11.5 Å². The van der Waals surface area contributed by atoms with Gasteiger partial charge in [-0.05, 0) is 31.9 Å². The Hall–Kier alpha value is -2.04. The molecule has 2 amide bonds. The molecule has 0 bridgehead atoms. The highest BCUT2D eigenvalue weighted by molar-refractivity contribution is 6.01. The van der Waals surface area contributed by atoms with Gasteiger partial charge in [-0.1, -0.05) is 12.1 Å². The van der Waals surface area contributed by atoms with Crippen molar-refractivity contribution in [2.45, 2.75) is 20.3 Å². The van der Waals surface area contributed by atoms with Gasteiger partial charge in [0.2, 0.25) is 5.91 Å². The van der Waals surface area contributed by atoms with Gasteiger partial charge in [0.05, 0.1) is 11.0 Å². The van der Waals surface area contributed by atoms with Crippen LogP contribution in [0.1, 0.15) is 29.3 Å². The number of likely N-dealkylation sites (tertiary alicyclic amines) is 1. The van der Waals surface area contributed by atoms with Crippen molar-refractivity contribution in [3.63, 3.8) is 0 Å². The molecule has 0 aromatic heterocycles. The van der Waals surface area contributed by atoms with E-state index < -0.39 is 5.41 Å². The molecule has 4 N–H and O–H groups in total. The maximum Gasteiger partial charge on any atom is 0.256 e. The summed E-state index contributed by atoms with van der Waals surface area (Å²) in [5, 5.41) is 0. The van der Waals surface area contributed by atoms with Crippen molar-refractivity contribution < 1.29 is 9.59 Å². The first-order valence-electron chi connectivity index (χ1n) is 6.29. The molecule has 1 unspecified atom stereocenters. The molecule has 1 aliphatic heterocycles. The van der Waals surface area contributed by atoms with Crippen molar-refractivity contribution in [3.05, 3.63) is 29.3 Å². The van der Waals surface area contributed by atoms with Gasteiger partial charge >= 0.3 is 0 Å². The number of rotatable bonds is 2. The van der Waals surface area contributed by atoms with Crippen molar-refractivity contribution >= 4 is 17.5 Å². The van der Waals surface area contributed by atoms with Gasteiger partial charge in [-0.2, -0.15) is 0 Å². The Balaban J connectivity index is 2.25. The van der Waals surface area contributed by atoms with Crippen LogP contribution in [0, 0.1) is 12.3 Å². The monoisotopic (exact) mass is 261 g/mol. The van der Waals surface area contributed by atoms with Gasteiger partial charge in [-0.15, -0.1) is 0 Å². The molecule has 102 valence electrons. The van der Waals surface area contributed by atoms with E-state index in [0.717, 1.165) is 5.56 Å². The molecular weight excluding hydrogens is 242 g/mol. The molecule has 1 aromatic carbocycles. The largest absolute Gasteiger partial charge is 0.398 e. The molecule has 1 atom stereocenters. The number of carbonyl (C=O) groups is 2. The number of amides is 2. The van der Waals surface area contributed by atoms with Crippen LogP contribution in [0.25, 0.3) is 0 Å².